The fourth-order valence-corrected chi connectivity index (χ4v) is 3.55. The van der Waals surface area contributed by atoms with E-state index < -0.39 is 0 Å². The van der Waals surface area contributed by atoms with Gasteiger partial charge in [0, 0.05) is 24.0 Å². The van der Waals surface area contributed by atoms with E-state index >= 15 is 0 Å². The van der Waals surface area contributed by atoms with Crippen LogP contribution < -0.4 is 16.0 Å². The normalized spacial score (nSPS) is 13.9. The molecule has 1 atom stereocenters. The summed E-state index contributed by atoms with van der Waals surface area (Å²) in [6, 6.07) is 15.0. The minimum Gasteiger partial charge on any atom is -0.394 e. The number of aliphatic hydroxyl groups excluding tert-OH is 1. The molecule has 2 aromatic carbocycles. The van der Waals surface area contributed by atoms with Crippen molar-refractivity contribution < 1.29 is 9.90 Å². The van der Waals surface area contributed by atoms with Gasteiger partial charge >= 0.3 is 0 Å². The van der Waals surface area contributed by atoms with E-state index in [-0.39, 0.29) is 18.6 Å². The molecule has 1 aromatic heterocycles. The number of rotatable bonds is 6. The summed E-state index contributed by atoms with van der Waals surface area (Å²) in [5, 5.41) is 19.1. The molecule has 0 fully saturated rings. The Morgan fingerprint density at radius 2 is 2.03 bits per heavy atom. The van der Waals surface area contributed by atoms with Gasteiger partial charge < -0.3 is 21.1 Å². The maximum Gasteiger partial charge on any atom is 0.251 e. The molecule has 0 bridgehead atoms. The number of benzene rings is 2. The molecule has 4 N–H and O–H groups in total. The van der Waals surface area contributed by atoms with E-state index in [0.29, 0.717) is 28.3 Å². The van der Waals surface area contributed by atoms with Crippen LogP contribution >= 0.6 is 15.9 Å². The van der Waals surface area contributed by atoms with E-state index in [0.717, 1.165) is 23.2 Å². The van der Waals surface area contributed by atoms with Gasteiger partial charge in [0.05, 0.1) is 17.1 Å². The number of carbonyl (C=O) groups is 1. The molecule has 3 aromatic rings. The first-order valence-electron chi connectivity index (χ1n) is 9.27. The zero-order chi connectivity index (χ0) is 20.2. The van der Waals surface area contributed by atoms with E-state index in [1.54, 1.807) is 12.3 Å². The van der Waals surface area contributed by atoms with Crippen molar-refractivity contribution >= 4 is 39.3 Å². The van der Waals surface area contributed by atoms with Gasteiger partial charge in [0.1, 0.15) is 5.82 Å². The monoisotopic (exact) mass is 453 g/mol. The molecule has 1 aliphatic heterocycles. The van der Waals surface area contributed by atoms with Gasteiger partial charge in [-0.1, -0.05) is 30.3 Å². The fraction of sp³-hybridized carbons (Fsp3) is 0.190. The predicted molar refractivity (Wildman–Crippen MR) is 115 cm³/mol. The van der Waals surface area contributed by atoms with Crippen molar-refractivity contribution in [2.75, 3.05) is 23.8 Å². The fourth-order valence-electron chi connectivity index (χ4n) is 3.25. The summed E-state index contributed by atoms with van der Waals surface area (Å²) in [6.45, 7) is 0.566. The minimum atomic E-state index is -0.294. The molecule has 8 heteroatoms. The van der Waals surface area contributed by atoms with Crippen molar-refractivity contribution in [2.24, 2.45) is 0 Å². The summed E-state index contributed by atoms with van der Waals surface area (Å²) in [7, 11) is 0. The first-order chi connectivity index (χ1) is 14.1. The Labute approximate surface area is 176 Å². The number of aliphatic hydroxyl groups is 1. The van der Waals surface area contributed by atoms with Crippen molar-refractivity contribution in [3.8, 4) is 0 Å². The minimum absolute atomic E-state index is 0.0415. The summed E-state index contributed by atoms with van der Waals surface area (Å²) >= 11 is 3.46. The summed E-state index contributed by atoms with van der Waals surface area (Å²) < 4.78 is 0.694. The lowest BCUT2D eigenvalue weighted by Crippen LogP contribution is -2.31. The Hall–Kier alpha value is -2.97. The highest BCUT2D eigenvalue weighted by molar-refractivity contribution is 9.10. The Kier molecular flexibility index (Phi) is 5.73. The van der Waals surface area contributed by atoms with Crippen LogP contribution in [0.25, 0.3) is 0 Å². The van der Waals surface area contributed by atoms with Gasteiger partial charge in [-0.2, -0.15) is 4.98 Å². The quantitative estimate of drug-likeness (QED) is 0.456. The second kappa shape index (κ2) is 8.59. The summed E-state index contributed by atoms with van der Waals surface area (Å²) in [5.41, 5.74) is 3.48. The average molecular weight is 454 g/mol. The van der Waals surface area contributed by atoms with Crippen LogP contribution in [0.3, 0.4) is 0 Å². The third-order valence-corrected chi connectivity index (χ3v) is 5.31. The molecule has 2 heterocycles. The maximum atomic E-state index is 11.9. The molecule has 0 radical (unpaired) electrons. The van der Waals surface area contributed by atoms with Gasteiger partial charge in [0.15, 0.2) is 0 Å². The lowest BCUT2D eigenvalue weighted by atomic mass is 10.00. The third-order valence-electron chi connectivity index (χ3n) is 4.73. The van der Waals surface area contributed by atoms with Gasteiger partial charge in [-0.3, -0.25) is 4.79 Å². The Bertz CT molecular complexity index is 1030. The molecule has 29 heavy (non-hydrogen) atoms. The van der Waals surface area contributed by atoms with E-state index in [1.807, 2.05) is 42.5 Å². The third kappa shape index (κ3) is 4.38. The Morgan fingerprint density at radius 3 is 2.83 bits per heavy atom. The molecular weight excluding hydrogens is 434 g/mol. The molecule has 7 nitrogen and oxygen atoms in total. The number of hydrogen-bond donors (Lipinski definition) is 4. The number of hydrogen-bond acceptors (Lipinski definition) is 6. The highest BCUT2D eigenvalue weighted by Crippen LogP contribution is 2.27. The zero-order valence-electron chi connectivity index (χ0n) is 15.5. The van der Waals surface area contributed by atoms with E-state index in [9.17, 15) is 9.90 Å². The number of fused-ring (bicyclic) bond motifs is 1. The first-order valence-corrected chi connectivity index (χ1v) is 10.1. The second-order valence-corrected chi connectivity index (χ2v) is 7.54. The number of amides is 1. The van der Waals surface area contributed by atoms with Gasteiger partial charge in [0.25, 0.3) is 5.91 Å². The number of carbonyl (C=O) groups excluding carboxylic acids is 1. The largest absolute Gasteiger partial charge is 0.394 e. The van der Waals surface area contributed by atoms with E-state index in [2.05, 4.69) is 41.8 Å². The van der Waals surface area contributed by atoms with Gasteiger partial charge in [0.2, 0.25) is 5.95 Å². The van der Waals surface area contributed by atoms with Gasteiger partial charge in [-0.25, -0.2) is 4.98 Å². The van der Waals surface area contributed by atoms with Crippen LogP contribution in [0.15, 0.2) is 59.2 Å². The van der Waals surface area contributed by atoms with E-state index in [4.69, 9.17) is 0 Å². The summed E-state index contributed by atoms with van der Waals surface area (Å²) in [4.78, 5) is 20.7. The highest BCUT2D eigenvalue weighted by Gasteiger charge is 2.17. The molecule has 0 saturated heterocycles. The van der Waals surface area contributed by atoms with Crippen LogP contribution in [0.1, 0.15) is 27.5 Å². The smallest absolute Gasteiger partial charge is 0.251 e. The first kappa shape index (κ1) is 19.4. The number of aromatic nitrogens is 2. The van der Waals surface area contributed by atoms with Gasteiger partial charge in [-0.05, 0) is 51.7 Å². The van der Waals surface area contributed by atoms with Crippen molar-refractivity contribution in [3.63, 3.8) is 0 Å². The Balaban J connectivity index is 1.55. The summed E-state index contributed by atoms with van der Waals surface area (Å²) in [6.07, 6.45) is 2.45. The van der Waals surface area contributed by atoms with Crippen molar-refractivity contribution in [2.45, 2.75) is 12.5 Å². The van der Waals surface area contributed by atoms with Crippen LogP contribution in [0.4, 0.5) is 17.5 Å². The predicted octanol–water partition coefficient (Wildman–Crippen LogP) is 3.41. The molecule has 1 amide bonds. The topological polar surface area (TPSA) is 99.2 Å². The molecular formula is C21H20BrN5O2. The highest BCUT2D eigenvalue weighted by atomic mass is 79.9. The van der Waals surface area contributed by atoms with Crippen LogP contribution in [0.2, 0.25) is 0 Å². The molecule has 0 aliphatic carbocycles. The summed E-state index contributed by atoms with van der Waals surface area (Å²) in [5.74, 6) is 0.948. The van der Waals surface area contributed by atoms with Crippen LogP contribution in [0.5, 0.6) is 0 Å². The molecule has 0 saturated carbocycles. The van der Waals surface area contributed by atoms with Crippen molar-refractivity contribution in [3.05, 3.63) is 75.9 Å². The van der Waals surface area contributed by atoms with Crippen LogP contribution in [-0.2, 0) is 6.42 Å². The number of nitrogens with one attached hydrogen (secondary N) is 3. The molecule has 0 spiro atoms. The van der Waals surface area contributed by atoms with Crippen molar-refractivity contribution in [1.29, 1.82) is 0 Å². The standard InChI is InChI=1S/C21H20BrN5O2/c22-17-11-24-21(25-15-6-7-16-14(10-15)8-9-23-20(16)29)27-19(17)26-18(12-28)13-4-2-1-3-5-13/h1-7,10-11,18,28H,8-9,12H2,(H,23,29)(H2,24,25,26,27)/t18-/m1/s1. The lowest BCUT2D eigenvalue weighted by Gasteiger charge is -2.19. The van der Waals surface area contributed by atoms with E-state index in [1.165, 1.54) is 0 Å². The zero-order valence-corrected chi connectivity index (χ0v) is 17.1. The second-order valence-electron chi connectivity index (χ2n) is 6.68. The Morgan fingerprint density at radius 1 is 1.21 bits per heavy atom. The average Bonchev–Trinajstić information content (AvgIpc) is 2.75. The SMILES string of the molecule is O=C1NCCc2cc(Nc3ncc(Br)c(N[C@H](CO)c4ccccc4)n3)ccc21. The number of nitrogens with zero attached hydrogens (tertiary/aromatic N) is 2. The number of anilines is 3. The van der Waals surface area contributed by atoms with Crippen LogP contribution in [0, 0.1) is 0 Å². The lowest BCUT2D eigenvalue weighted by molar-refractivity contribution is 0.0946. The molecule has 1 aliphatic rings. The number of halogens is 1. The van der Waals surface area contributed by atoms with Crippen molar-refractivity contribution in [1.82, 2.24) is 15.3 Å². The van der Waals surface area contributed by atoms with Crippen LogP contribution in [-0.4, -0.2) is 34.1 Å². The molecule has 4 rings (SSSR count). The maximum absolute atomic E-state index is 11.9. The van der Waals surface area contributed by atoms with Gasteiger partial charge in [-0.15, -0.1) is 0 Å². The molecule has 148 valence electrons. The molecule has 0 unspecified atom stereocenters.